The molecule has 3 aromatic rings. The first-order valence-electron chi connectivity index (χ1n) is 12.5. The fourth-order valence-electron chi connectivity index (χ4n) is 4.48. The third-order valence-corrected chi connectivity index (χ3v) is 7.90. The number of anilines is 2. The van der Waals surface area contributed by atoms with Crippen LogP contribution in [-0.2, 0) is 6.42 Å². The van der Waals surface area contributed by atoms with Gasteiger partial charge in [-0.05, 0) is 87.3 Å². The third-order valence-electron chi connectivity index (χ3n) is 6.53. The minimum atomic E-state index is -0.487. The molecule has 1 aliphatic heterocycles. The summed E-state index contributed by atoms with van der Waals surface area (Å²) in [5, 5.41) is 10.0. The minimum absolute atomic E-state index is 0.183. The number of aromatic nitrogens is 1. The van der Waals surface area contributed by atoms with E-state index in [1.54, 1.807) is 23.5 Å². The maximum atomic E-state index is 13.2. The van der Waals surface area contributed by atoms with Crippen molar-refractivity contribution in [1.82, 2.24) is 15.2 Å². The number of nitrogens with one attached hydrogen (secondary N) is 2. The second kappa shape index (κ2) is 11.6. The molecule has 0 atom stereocenters. The molecule has 37 heavy (non-hydrogen) atoms. The third kappa shape index (κ3) is 7.26. The molecule has 2 heterocycles. The van der Waals surface area contributed by atoms with Gasteiger partial charge in [0.1, 0.15) is 11.5 Å². The van der Waals surface area contributed by atoms with Crippen LogP contribution >= 0.6 is 23.6 Å². The monoisotopic (exact) mass is 539 g/mol. The lowest BCUT2D eigenvalue weighted by atomic mass is 9.94. The number of hydrogen-bond donors (Lipinski definition) is 2. The first-order valence-corrected chi connectivity index (χ1v) is 13.7. The number of halogens is 1. The molecule has 1 amide bonds. The Kier molecular flexibility index (Phi) is 8.44. The number of likely N-dealkylation sites (tertiary alicyclic amines) is 1. The van der Waals surface area contributed by atoms with Crippen molar-refractivity contribution in [3.8, 4) is 0 Å². The Labute approximate surface area is 227 Å². The highest BCUT2D eigenvalue weighted by molar-refractivity contribution is 7.80. The molecule has 0 saturated carbocycles. The first-order chi connectivity index (χ1) is 17.6. The fraction of sp³-hybridized carbons (Fsp3) is 0.393. The number of thiazole rings is 1. The molecule has 1 aliphatic rings. The smallest absolute Gasteiger partial charge is 0.271 e. The zero-order chi connectivity index (χ0) is 26.6. The molecular weight excluding hydrogens is 505 g/mol. The molecule has 2 aromatic carbocycles. The van der Waals surface area contributed by atoms with Crippen molar-refractivity contribution in [2.24, 2.45) is 0 Å². The van der Waals surface area contributed by atoms with E-state index >= 15 is 0 Å². The van der Waals surface area contributed by atoms with E-state index < -0.39 is 5.54 Å². The van der Waals surface area contributed by atoms with Crippen molar-refractivity contribution in [3.63, 3.8) is 0 Å². The van der Waals surface area contributed by atoms with Gasteiger partial charge in [-0.15, -0.1) is 11.3 Å². The molecule has 1 aromatic heterocycles. The largest absolute Gasteiger partial charge is 0.378 e. The lowest BCUT2D eigenvalue weighted by Crippen LogP contribution is -2.45. The van der Waals surface area contributed by atoms with Crippen molar-refractivity contribution in [2.75, 3.05) is 37.4 Å². The van der Waals surface area contributed by atoms with Crippen molar-refractivity contribution < 1.29 is 9.18 Å². The van der Waals surface area contributed by atoms with E-state index in [0.29, 0.717) is 18.0 Å². The Morgan fingerprint density at radius 2 is 1.78 bits per heavy atom. The van der Waals surface area contributed by atoms with Crippen LogP contribution in [0.15, 0.2) is 53.9 Å². The van der Waals surface area contributed by atoms with Crippen LogP contribution in [0.4, 0.5) is 15.8 Å². The molecule has 1 fully saturated rings. The van der Waals surface area contributed by atoms with Crippen LogP contribution in [0.3, 0.4) is 0 Å². The molecule has 0 unspecified atom stereocenters. The molecule has 0 spiro atoms. The number of amides is 1. The topological polar surface area (TPSA) is 60.5 Å². The van der Waals surface area contributed by atoms with Gasteiger partial charge in [-0.2, -0.15) is 0 Å². The summed E-state index contributed by atoms with van der Waals surface area (Å²) in [5.74, 6) is -0.130. The molecule has 9 heteroatoms. The summed E-state index contributed by atoms with van der Waals surface area (Å²) >= 11 is 7.20. The average molecular weight is 540 g/mol. The van der Waals surface area contributed by atoms with Crippen LogP contribution < -0.4 is 15.5 Å². The van der Waals surface area contributed by atoms with Gasteiger partial charge in [0.05, 0.1) is 5.01 Å². The van der Waals surface area contributed by atoms with E-state index in [1.807, 2.05) is 45.5 Å². The zero-order valence-corrected chi connectivity index (χ0v) is 23.4. The van der Waals surface area contributed by atoms with Gasteiger partial charge in [-0.1, -0.05) is 12.1 Å². The van der Waals surface area contributed by atoms with Crippen molar-refractivity contribution in [1.29, 1.82) is 0 Å². The van der Waals surface area contributed by atoms with Gasteiger partial charge < -0.3 is 20.4 Å². The zero-order valence-electron chi connectivity index (χ0n) is 21.8. The van der Waals surface area contributed by atoms with Gasteiger partial charge >= 0.3 is 0 Å². The van der Waals surface area contributed by atoms with Crippen molar-refractivity contribution in [2.45, 2.75) is 44.6 Å². The summed E-state index contributed by atoms with van der Waals surface area (Å²) in [5.41, 5.74) is 3.06. The van der Waals surface area contributed by atoms with Crippen molar-refractivity contribution in [3.05, 3.63) is 76.0 Å². The average Bonchev–Trinajstić information content (AvgIpc) is 3.36. The van der Waals surface area contributed by atoms with E-state index in [1.165, 1.54) is 12.1 Å². The number of carbonyl (C=O) groups is 1. The van der Waals surface area contributed by atoms with Gasteiger partial charge in [0.15, 0.2) is 5.11 Å². The van der Waals surface area contributed by atoms with Crippen molar-refractivity contribution >= 4 is 45.9 Å². The Morgan fingerprint density at radius 3 is 2.41 bits per heavy atom. The molecule has 0 bridgehead atoms. The second-order valence-corrected chi connectivity index (χ2v) is 11.6. The molecular formula is C28H34FN5OS2. The van der Waals surface area contributed by atoms with E-state index in [9.17, 15) is 9.18 Å². The molecule has 6 nitrogen and oxygen atoms in total. The van der Waals surface area contributed by atoms with Crippen LogP contribution in [-0.4, -0.2) is 53.6 Å². The molecule has 1 saturated heterocycles. The number of thiocarbonyl (C=S) groups is 1. The Hall–Kier alpha value is -3.04. The second-order valence-electron chi connectivity index (χ2n) is 10.3. The molecule has 196 valence electrons. The summed E-state index contributed by atoms with van der Waals surface area (Å²) in [7, 11) is 4.04. The van der Waals surface area contributed by atoms with Crippen LogP contribution in [0.5, 0.6) is 0 Å². The molecule has 0 radical (unpaired) electrons. The van der Waals surface area contributed by atoms with Gasteiger partial charge in [0, 0.05) is 55.4 Å². The normalized spacial score (nSPS) is 14.4. The predicted octanol–water partition coefficient (Wildman–Crippen LogP) is 5.68. The van der Waals surface area contributed by atoms with Crippen LogP contribution in [0.2, 0.25) is 0 Å². The van der Waals surface area contributed by atoms with Gasteiger partial charge in [0.2, 0.25) is 0 Å². The Balaban J connectivity index is 1.28. The standard InChI is InChI=1S/C28H34FN5OS2/c1-28(2,17-19-5-7-21(29)8-6-19)32-25(35)24-18-37-26(31-24)20-13-15-34(16-14-20)27(36)30-22-9-11-23(12-10-22)33(3)4/h5-12,18,20H,13-17H2,1-4H3,(H,30,36)(H,32,35). The maximum absolute atomic E-state index is 13.2. The SMILES string of the molecule is CN(C)c1ccc(NC(=S)N2CCC(c3nc(C(=O)NC(C)(C)Cc4ccc(F)cc4)cs3)CC2)cc1. The van der Waals surface area contributed by atoms with Gasteiger partial charge in [0.25, 0.3) is 5.91 Å². The van der Waals surface area contributed by atoms with E-state index in [4.69, 9.17) is 12.2 Å². The fourth-order valence-corrected chi connectivity index (χ4v) is 5.75. The highest BCUT2D eigenvalue weighted by atomic mass is 32.1. The number of rotatable bonds is 7. The lowest BCUT2D eigenvalue weighted by Gasteiger charge is -2.33. The number of benzene rings is 2. The number of hydrogen-bond acceptors (Lipinski definition) is 5. The maximum Gasteiger partial charge on any atom is 0.271 e. The summed E-state index contributed by atoms with van der Waals surface area (Å²) in [6.07, 6.45) is 2.47. The van der Waals surface area contributed by atoms with Crippen LogP contribution in [0, 0.1) is 5.82 Å². The molecule has 4 rings (SSSR count). The number of nitrogens with zero attached hydrogens (tertiary/aromatic N) is 3. The van der Waals surface area contributed by atoms with Crippen LogP contribution in [0.1, 0.15) is 53.7 Å². The van der Waals surface area contributed by atoms with E-state index in [0.717, 1.165) is 53.0 Å². The van der Waals surface area contributed by atoms with Crippen LogP contribution in [0.25, 0.3) is 0 Å². The molecule has 2 N–H and O–H groups in total. The Morgan fingerprint density at radius 1 is 1.14 bits per heavy atom. The molecule has 0 aliphatic carbocycles. The Bertz CT molecular complexity index is 1220. The summed E-state index contributed by atoms with van der Waals surface area (Å²) in [4.78, 5) is 21.9. The van der Waals surface area contributed by atoms with Gasteiger partial charge in [-0.25, -0.2) is 9.37 Å². The lowest BCUT2D eigenvalue weighted by molar-refractivity contribution is 0.0908. The quantitative estimate of drug-likeness (QED) is 0.377. The minimum Gasteiger partial charge on any atom is -0.378 e. The summed E-state index contributed by atoms with van der Waals surface area (Å²) in [6.45, 7) is 5.62. The number of piperidine rings is 1. The summed E-state index contributed by atoms with van der Waals surface area (Å²) < 4.78 is 13.2. The first kappa shape index (κ1) is 27.0. The predicted molar refractivity (Wildman–Crippen MR) is 154 cm³/mol. The van der Waals surface area contributed by atoms with Gasteiger partial charge in [-0.3, -0.25) is 4.79 Å². The summed E-state index contributed by atoms with van der Waals surface area (Å²) in [6, 6.07) is 14.6. The van der Waals surface area contributed by atoms with E-state index in [-0.39, 0.29) is 11.7 Å². The number of carbonyl (C=O) groups excluding carboxylic acids is 1. The highest BCUT2D eigenvalue weighted by Gasteiger charge is 2.27. The van der Waals surface area contributed by atoms with E-state index in [2.05, 4.69) is 37.6 Å². The highest BCUT2D eigenvalue weighted by Crippen LogP contribution is 2.31.